The quantitative estimate of drug-likeness (QED) is 0.208. The molecule has 0 amide bonds. The van der Waals surface area contributed by atoms with Crippen molar-refractivity contribution in [1.29, 1.82) is 0 Å². The molecule has 0 atom stereocenters. The van der Waals surface area contributed by atoms with Crippen molar-refractivity contribution in [3.05, 3.63) is 0 Å². The predicted molar refractivity (Wildman–Crippen MR) is 154 cm³/mol. The van der Waals surface area contributed by atoms with Gasteiger partial charge in [-0.1, -0.05) is 0 Å². The van der Waals surface area contributed by atoms with E-state index in [9.17, 15) is 0 Å². The van der Waals surface area contributed by atoms with E-state index in [-0.39, 0.29) is 2250 Å². The van der Waals surface area contributed by atoms with Gasteiger partial charge in [0.05, 0.1) is 0 Å². The molecule has 0 spiro atoms. The summed E-state index contributed by atoms with van der Waals surface area (Å²) in [6.45, 7) is 0. The Morgan fingerprint density at radius 3 is 0.0200 bits per heavy atom. The standard InChI is InChI=1S/90Ag.10HI/h;;;;;;;;;;;;;;;;;;;;;;;;;;;;;;;;;;;;;;;;;;;;;;;;;;;;;;;;;;;;;;;;;;;;;;;;;;;;;;;;;;;;;;;;;;10*1H. The molecule has 0 fully saturated rings. The molecule has 1070 valence electrons. The molecule has 0 aromatic rings. The molecule has 0 bridgehead atoms. The van der Waals surface area contributed by atoms with Gasteiger partial charge in [0.2, 0.25) is 0 Å². The largest absolute Gasteiger partial charge is 0.107 e. The summed E-state index contributed by atoms with van der Waals surface area (Å²) in [7, 11) is 0. The van der Waals surface area contributed by atoms with Gasteiger partial charge < -0.3 is 0 Å². The van der Waals surface area contributed by atoms with E-state index in [1.54, 1.807) is 0 Å². The fourth-order valence-electron chi connectivity index (χ4n) is 0. The molecule has 0 nitrogen and oxygen atoms in total. The number of hydrogen-bond donors (Lipinski definition) is 0. The maximum atomic E-state index is 0. The monoisotopic (exact) mass is 10900 g/mol. The van der Waals surface area contributed by atoms with Crippen molar-refractivity contribution in [3.63, 3.8) is 0 Å². The Balaban J connectivity index is 0. The smallest absolute Gasteiger partial charge is 0 e. The van der Waals surface area contributed by atoms with Gasteiger partial charge in [-0.15, -0.1) is 240 Å². The molecule has 0 aliphatic carbocycles. The van der Waals surface area contributed by atoms with E-state index in [4.69, 9.17) is 0 Å². The van der Waals surface area contributed by atoms with Crippen molar-refractivity contribution in [2.75, 3.05) is 0 Å². The molecule has 0 aromatic heterocycles. The summed E-state index contributed by atoms with van der Waals surface area (Å²) < 4.78 is 0. The maximum Gasteiger partial charge on any atom is 0 e. The average molecular weight is 11000 g/mol. The second kappa shape index (κ2) is 935. The summed E-state index contributed by atoms with van der Waals surface area (Å²) in [5.74, 6) is 0. The van der Waals surface area contributed by atoms with Gasteiger partial charge in [0.15, 0.2) is 0 Å². The van der Waals surface area contributed by atoms with Crippen LogP contribution in [0.2, 0.25) is 0 Å². The summed E-state index contributed by atoms with van der Waals surface area (Å²) in [4.78, 5) is 0. The third-order valence-electron chi connectivity index (χ3n) is 0. The Bertz CT molecular complexity index is 46.9. The van der Waals surface area contributed by atoms with Crippen LogP contribution in [0.1, 0.15) is 0 Å². The Labute approximate surface area is 2180 Å². The van der Waals surface area contributed by atoms with Crippen LogP contribution in [0.15, 0.2) is 0 Å². The average Bonchev–Trinajstić information content (AvgIpc) is 0. The molecule has 0 aliphatic heterocycles. The van der Waals surface area contributed by atoms with Crippen molar-refractivity contribution < 1.29 is 2010 Å². The molecule has 100 heavy (non-hydrogen) atoms. The zero-order valence-corrected chi connectivity index (χ0v) is 188. The Morgan fingerprint density at radius 2 is 0.0200 bits per heavy atom. The molecule has 90 radical (unpaired) electrons. The van der Waals surface area contributed by atoms with Crippen molar-refractivity contribution in [2.24, 2.45) is 0 Å². The Hall–Kier alpha value is 73.9. The van der Waals surface area contributed by atoms with Gasteiger partial charge in [-0.3, -0.25) is 0 Å². The molecule has 0 aliphatic rings. The molecule has 0 N–H and O–H groups in total. The van der Waals surface area contributed by atoms with Crippen LogP contribution in [0.4, 0.5) is 0 Å². The van der Waals surface area contributed by atoms with Crippen LogP contribution in [-0.4, -0.2) is 0 Å². The van der Waals surface area contributed by atoms with Gasteiger partial charge in [-0.05, 0) is 0 Å². The zero-order valence-electron chi connectivity index (χ0n) is 31.2. The first kappa shape index (κ1) is 952. The Kier molecular flexibility index (Phi) is 8900. The van der Waals surface area contributed by atoms with E-state index in [0.29, 0.717) is 0 Å². The molecule has 0 unspecified atom stereocenters. The van der Waals surface area contributed by atoms with Crippen LogP contribution in [0.3, 0.4) is 0 Å². The van der Waals surface area contributed by atoms with Gasteiger partial charge >= 0.3 is 0 Å². The van der Waals surface area contributed by atoms with E-state index in [1.807, 2.05) is 0 Å². The van der Waals surface area contributed by atoms with Crippen molar-refractivity contribution >= 4 is 240 Å². The van der Waals surface area contributed by atoms with Gasteiger partial charge in [0, 0.05) is 2010 Å². The molecular formula is H10Ag90I10. The van der Waals surface area contributed by atoms with Crippen molar-refractivity contribution in [2.45, 2.75) is 0 Å². The van der Waals surface area contributed by atoms with Gasteiger partial charge in [-0.2, -0.15) is 0 Å². The Morgan fingerprint density at radius 1 is 0.0200 bits per heavy atom. The van der Waals surface area contributed by atoms with E-state index < -0.39 is 0 Å². The van der Waals surface area contributed by atoms with E-state index in [1.165, 1.54) is 0 Å². The predicted octanol–water partition coefficient (Wildman–Crippen LogP) is 5.96. The first-order valence-corrected chi connectivity index (χ1v) is 0. The van der Waals surface area contributed by atoms with E-state index in [2.05, 4.69) is 0 Å². The minimum absolute atomic E-state index is 0. The van der Waals surface area contributed by atoms with Crippen LogP contribution < -0.4 is 0 Å². The van der Waals surface area contributed by atoms with E-state index in [0.717, 1.165) is 0 Å². The number of hydrogen-bond acceptors (Lipinski definition) is 0. The number of halogens is 10. The van der Waals surface area contributed by atoms with Crippen LogP contribution in [0, 0.1) is 0 Å². The minimum Gasteiger partial charge on any atom is -0.107 e. The van der Waals surface area contributed by atoms with Crippen LogP contribution in [0.25, 0.3) is 0 Å². The van der Waals surface area contributed by atoms with E-state index >= 15 is 0 Å². The maximum absolute atomic E-state index is 0. The summed E-state index contributed by atoms with van der Waals surface area (Å²) in [6.07, 6.45) is 0. The molecule has 0 rings (SSSR count). The topological polar surface area (TPSA) is 0 Å². The van der Waals surface area contributed by atoms with Crippen molar-refractivity contribution in [3.8, 4) is 0 Å². The summed E-state index contributed by atoms with van der Waals surface area (Å²) >= 11 is 0. The summed E-state index contributed by atoms with van der Waals surface area (Å²) in [5, 5.41) is 0. The fourth-order valence-corrected chi connectivity index (χ4v) is 0. The number of rotatable bonds is 0. The third kappa shape index (κ3) is 919. The normalized spacial score (nSPS) is 0. The molecule has 0 aromatic carbocycles. The minimum atomic E-state index is 0. The van der Waals surface area contributed by atoms with Gasteiger partial charge in [-0.25, -0.2) is 0 Å². The summed E-state index contributed by atoms with van der Waals surface area (Å²) in [6, 6.07) is 0. The molecular weight excluding hydrogens is 11000 g/mol. The SMILES string of the molecule is I.I.I.I.I.I.I.I.I.I.[Ag].[Ag].[Ag].[Ag].[Ag].[Ag].[Ag].[Ag].[Ag].[Ag].[Ag].[Ag].[Ag].[Ag].[Ag].[Ag].[Ag].[Ag].[Ag].[Ag].[Ag].[Ag].[Ag].[Ag].[Ag].[Ag].[Ag].[Ag].[Ag].[Ag].[Ag].[Ag].[Ag].[Ag].[Ag].[Ag].[Ag].[Ag].[Ag].[Ag].[Ag].[Ag].[Ag].[Ag].[Ag].[Ag].[Ag].[Ag].[Ag].[Ag].[Ag].[Ag].[Ag].[Ag].[Ag].[Ag].[Ag].[Ag].[Ag].[Ag].[Ag].[Ag].[Ag].[Ag].[Ag].[Ag].[Ag].[Ag].[Ag].[Ag].[Ag].[Ag].[Ag].[Ag].[Ag].[Ag].[Ag].[Ag].[Ag].[Ag].[Ag].[Ag].[Ag].[Ag].[Ag].[Ag].[Ag].[Ag].[Ag].[Ag]. The van der Waals surface area contributed by atoms with Crippen LogP contribution in [-0.2, 0) is 2010 Å². The molecule has 0 heterocycles. The first-order valence-electron chi connectivity index (χ1n) is 0. The van der Waals surface area contributed by atoms with Crippen LogP contribution >= 0.6 is 240 Å². The second-order valence-electron chi connectivity index (χ2n) is 0. The fraction of sp³-hybridized carbons (Fsp3) is 0. The molecule has 0 saturated carbocycles. The van der Waals surface area contributed by atoms with Crippen LogP contribution in [0.5, 0.6) is 0 Å². The van der Waals surface area contributed by atoms with Gasteiger partial charge in [0.25, 0.3) is 0 Å². The van der Waals surface area contributed by atoms with Crippen molar-refractivity contribution in [1.82, 2.24) is 0 Å². The first-order chi connectivity index (χ1) is 0. The zero-order chi connectivity index (χ0) is 0. The van der Waals surface area contributed by atoms with Gasteiger partial charge in [0.1, 0.15) is 0 Å². The summed E-state index contributed by atoms with van der Waals surface area (Å²) in [5.41, 5.74) is 0. The molecule has 100 heteroatoms. The molecule has 0 saturated heterocycles. The third-order valence-corrected chi connectivity index (χ3v) is 0. The second-order valence-corrected chi connectivity index (χ2v) is 0.